The van der Waals surface area contributed by atoms with Gasteiger partial charge >= 0.3 is 11.9 Å². The standard InChI is InChI=1S/C32H36O5/c1-4-36-29(33)21-30(34)37-32(18-14-22-8-6-5-7-9-22)19-16-28-27-12-10-23-20-24(35-3)11-13-25(23)26(27)15-17-31(28,32)2/h5-9,11,13,20,26-28H,4,10,12,15-17,19,21H2,1-3H3/t26-,27-,28+,31+,32?/m1/s1. The second-order valence-electron chi connectivity index (χ2n) is 10.9. The third-order valence-electron chi connectivity index (χ3n) is 9.12. The SMILES string of the molecule is CCOC(=O)CC(=O)OC1(C#Cc2ccccc2)CC[C@H]2[C@@H]3CCc4cc(OC)ccc4[C@H]3CC[C@@]21C. The Hall–Kier alpha value is -3.26. The fourth-order valence-electron chi connectivity index (χ4n) is 7.34. The van der Waals surface area contributed by atoms with Crippen LogP contribution in [0.5, 0.6) is 5.75 Å². The van der Waals surface area contributed by atoms with Gasteiger partial charge in [0.2, 0.25) is 0 Å². The number of ether oxygens (including phenoxy) is 3. The molecule has 0 aromatic heterocycles. The van der Waals surface area contributed by atoms with E-state index in [2.05, 4.69) is 37.0 Å². The molecule has 5 heteroatoms. The van der Waals surface area contributed by atoms with E-state index in [0.29, 0.717) is 24.2 Å². The van der Waals surface area contributed by atoms with Crippen LogP contribution in [-0.2, 0) is 25.5 Å². The van der Waals surface area contributed by atoms with E-state index >= 15 is 0 Å². The van der Waals surface area contributed by atoms with Crippen LogP contribution in [0.3, 0.4) is 0 Å². The van der Waals surface area contributed by atoms with E-state index in [1.807, 2.05) is 30.3 Å². The average Bonchev–Trinajstić information content (AvgIpc) is 3.19. The number of fused-ring (bicyclic) bond motifs is 5. The predicted molar refractivity (Wildman–Crippen MR) is 141 cm³/mol. The predicted octanol–water partition coefficient (Wildman–Crippen LogP) is 5.84. The van der Waals surface area contributed by atoms with Gasteiger partial charge in [0.25, 0.3) is 0 Å². The Bertz CT molecular complexity index is 1220. The molecule has 5 nitrogen and oxygen atoms in total. The number of esters is 2. The molecule has 1 unspecified atom stereocenters. The molecule has 194 valence electrons. The van der Waals surface area contributed by atoms with Gasteiger partial charge in [-0.1, -0.05) is 37.1 Å². The molecule has 0 bridgehead atoms. The van der Waals surface area contributed by atoms with E-state index in [-0.39, 0.29) is 18.4 Å². The van der Waals surface area contributed by atoms with E-state index in [1.165, 1.54) is 11.1 Å². The maximum Gasteiger partial charge on any atom is 0.318 e. The van der Waals surface area contributed by atoms with Crippen LogP contribution in [0.25, 0.3) is 0 Å². The molecule has 37 heavy (non-hydrogen) atoms. The normalized spacial score (nSPS) is 29.5. The topological polar surface area (TPSA) is 61.8 Å². The largest absolute Gasteiger partial charge is 0.497 e. The molecule has 3 aliphatic rings. The summed E-state index contributed by atoms with van der Waals surface area (Å²) in [5.41, 5.74) is 2.53. The van der Waals surface area contributed by atoms with Crippen molar-refractivity contribution in [1.82, 2.24) is 0 Å². The van der Waals surface area contributed by atoms with Gasteiger partial charge in [-0.25, -0.2) is 0 Å². The van der Waals surface area contributed by atoms with Gasteiger partial charge in [-0.15, -0.1) is 0 Å². The number of benzene rings is 2. The Balaban J connectivity index is 1.47. The number of carbonyl (C=O) groups is 2. The van der Waals surface area contributed by atoms with Gasteiger partial charge in [-0.05, 0) is 105 Å². The Morgan fingerprint density at radius 2 is 1.84 bits per heavy atom. The fraction of sp³-hybridized carbons (Fsp3) is 0.500. The van der Waals surface area contributed by atoms with Crippen molar-refractivity contribution in [2.45, 2.75) is 70.3 Å². The summed E-state index contributed by atoms with van der Waals surface area (Å²) in [6.45, 7) is 4.23. The second kappa shape index (κ2) is 10.2. The Labute approximate surface area is 219 Å². The molecule has 0 saturated heterocycles. The number of rotatable bonds is 5. The van der Waals surface area contributed by atoms with Gasteiger partial charge in [-0.2, -0.15) is 0 Å². The Morgan fingerprint density at radius 1 is 1.03 bits per heavy atom. The minimum absolute atomic E-state index is 0.237. The van der Waals surface area contributed by atoms with Crippen molar-refractivity contribution < 1.29 is 23.8 Å². The zero-order chi connectivity index (χ0) is 26.0. The van der Waals surface area contributed by atoms with Gasteiger partial charge in [0.1, 0.15) is 12.2 Å². The van der Waals surface area contributed by atoms with Gasteiger partial charge in [0, 0.05) is 11.0 Å². The molecular weight excluding hydrogens is 464 g/mol. The minimum atomic E-state index is -0.928. The summed E-state index contributed by atoms with van der Waals surface area (Å²) in [4.78, 5) is 25.1. The van der Waals surface area contributed by atoms with Crippen molar-refractivity contribution in [1.29, 1.82) is 0 Å². The van der Waals surface area contributed by atoms with E-state index in [1.54, 1.807) is 14.0 Å². The minimum Gasteiger partial charge on any atom is -0.497 e. The summed E-state index contributed by atoms with van der Waals surface area (Å²) >= 11 is 0. The lowest BCUT2D eigenvalue weighted by atomic mass is 9.53. The highest BCUT2D eigenvalue weighted by atomic mass is 16.6. The Morgan fingerprint density at radius 3 is 2.59 bits per heavy atom. The lowest BCUT2D eigenvalue weighted by molar-refractivity contribution is -0.172. The molecule has 3 aliphatic carbocycles. The van der Waals surface area contributed by atoms with Gasteiger partial charge in [0.05, 0.1) is 13.7 Å². The summed E-state index contributed by atoms with van der Waals surface area (Å²) in [6, 6.07) is 16.4. The first-order valence-corrected chi connectivity index (χ1v) is 13.5. The summed E-state index contributed by atoms with van der Waals surface area (Å²) in [5.74, 6) is 7.99. The molecule has 2 aromatic rings. The maximum absolute atomic E-state index is 13.0. The smallest absolute Gasteiger partial charge is 0.318 e. The molecule has 0 amide bonds. The summed E-state index contributed by atoms with van der Waals surface area (Å²) < 4.78 is 16.7. The lowest BCUT2D eigenvalue weighted by Gasteiger charge is -2.52. The van der Waals surface area contributed by atoms with Crippen LogP contribution >= 0.6 is 0 Å². The van der Waals surface area contributed by atoms with Crippen molar-refractivity contribution in [3.63, 3.8) is 0 Å². The van der Waals surface area contributed by atoms with Crippen LogP contribution in [0, 0.1) is 29.1 Å². The molecule has 2 aromatic carbocycles. The Kier molecular flexibility index (Phi) is 7.03. The molecule has 5 atom stereocenters. The third kappa shape index (κ3) is 4.63. The molecular formula is C32H36O5. The van der Waals surface area contributed by atoms with Crippen LogP contribution < -0.4 is 4.74 Å². The van der Waals surface area contributed by atoms with E-state index in [9.17, 15) is 9.59 Å². The highest BCUT2D eigenvalue weighted by Crippen LogP contribution is 2.65. The summed E-state index contributed by atoms with van der Waals surface area (Å²) in [7, 11) is 1.72. The maximum atomic E-state index is 13.0. The third-order valence-corrected chi connectivity index (χ3v) is 9.12. The van der Waals surface area contributed by atoms with Crippen LogP contribution in [0.4, 0.5) is 0 Å². The highest BCUT2D eigenvalue weighted by Gasteiger charge is 2.64. The fourth-order valence-corrected chi connectivity index (χ4v) is 7.34. The van der Waals surface area contributed by atoms with Crippen LogP contribution in [0.1, 0.15) is 75.0 Å². The van der Waals surface area contributed by atoms with Crippen LogP contribution in [0.15, 0.2) is 48.5 Å². The number of hydrogen-bond donors (Lipinski definition) is 0. The first-order chi connectivity index (χ1) is 17.9. The van der Waals surface area contributed by atoms with Gasteiger partial charge < -0.3 is 14.2 Å². The first-order valence-electron chi connectivity index (χ1n) is 13.5. The summed E-state index contributed by atoms with van der Waals surface area (Å²) in [6.07, 6.45) is 5.35. The zero-order valence-corrected chi connectivity index (χ0v) is 22.0. The monoisotopic (exact) mass is 500 g/mol. The molecule has 5 rings (SSSR count). The van der Waals surface area contributed by atoms with Crippen molar-refractivity contribution in [2.24, 2.45) is 17.3 Å². The van der Waals surface area contributed by atoms with Gasteiger partial charge in [-0.3, -0.25) is 9.59 Å². The van der Waals surface area contributed by atoms with Crippen molar-refractivity contribution in [3.8, 4) is 17.6 Å². The average molecular weight is 501 g/mol. The molecule has 0 aliphatic heterocycles. The molecule has 0 radical (unpaired) electrons. The number of aryl methyl sites for hydroxylation is 1. The zero-order valence-electron chi connectivity index (χ0n) is 22.0. The van der Waals surface area contributed by atoms with Crippen molar-refractivity contribution >= 4 is 11.9 Å². The van der Waals surface area contributed by atoms with E-state index in [0.717, 1.165) is 43.4 Å². The first kappa shape index (κ1) is 25.4. The lowest BCUT2D eigenvalue weighted by Crippen LogP contribution is -2.52. The molecule has 0 spiro atoms. The van der Waals surface area contributed by atoms with Crippen LogP contribution in [0.2, 0.25) is 0 Å². The molecule has 2 fully saturated rings. The molecule has 0 heterocycles. The van der Waals surface area contributed by atoms with E-state index in [4.69, 9.17) is 14.2 Å². The van der Waals surface area contributed by atoms with E-state index < -0.39 is 17.5 Å². The van der Waals surface area contributed by atoms with Gasteiger partial charge in [0.15, 0.2) is 5.60 Å². The second-order valence-corrected chi connectivity index (χ2v) is 10.9. The number of carbonyl (C=O) groups excluding carboxylic acids is 2. The van der Waals surface area contributed by atoms with Crippen molar-refractivity contribution in [3.05, 3.63) is 65.2 Å². The number of hydrogen-bond acceptors (Lipinski definition) is 5. The van der Waals surface area contributed by atoms with Crippen molar-refractivity contribution in [2.75, 3.05) is 13.7 Å². The molecule has 0 N–H and O–H groups in total. The quantitative estimate of drug-likeness (QED) is 0.293. The number of methoxy groups -OCH3 is 1. The molecule has 2 saturated carbocycles. The summed E-state index contributed by atoms with van der Waals surface area (Å²) in [5, 5.41) is 0. The highest BCUT2D eigenvalue weighted by molar-refractivity contribution is 5.91. The van der Waals surface area contributed by atoms with Crippen LogP contribution in [-0.4, -0.2) is 31.3 Å².